The number of sulfonamides is 1. The summed E-state index contributed by atoms with van der Waals surface area (Å²) in [6.45, 7) is 1.08. The van der Waals surface area contributed by atoms with E-state index in [4.69, 9.17) is 26.8 Å². The maximum atomic E-state index is 12.8. The van der Waals surface area contributed by atoms with Gasteiger partial charge >= 0.3 is 0 Å². The monoisotopic (exact) mass is 374 g/mol. The number of nitrogens with two attached hydrogens (primary N) is 1. The highest BCUT2D eigenvalue weighted by Gasteiger charge is 2.30. The summed E-state index contributed by atoms with van der Waals surface area (Å²) in [6.07, 6.45) is 5.44. The van der Waals surface area contributed by atoms with Crippen molar-refractivity contribution in [1.82, 2.24) is 4.72 Å². The number of fused-ring (bicyclic) bond motifs is 1. The van der Waals surface area contributed by atoms with Crippen LogP contribution in [0.25, 0.3) is 0 Å². The van der Waals surface area contributed by atoms with Gasteiger partial charge in [0.2, 0.25) is 10.0 Å². The molecule has 1 heterocycles. The average Bonchev–Trinajstić information content (AvgIpc) is 2.59. The van der Waals surface area contributed by atoms with Gasteiger partial charge in [-0.25, -0.2) is 13.1 Å². The van der Waals surface area contributed by atoms with Crippen molar-refractivity contribution in [3.8, 4) is 11.5 Å². The Morgan fingerprint density at radius 3 is 2.42 bits per heavy atom. The number of hydrogen-bond donors (Lipinski definition) is 2. The Labute approximate surface area is 147 Å². The summed E-state index contributed by atoms with van der Waals surface area (Å²) in [5, 5.41) is 0.117. The van der Waals surface area contributed by atoms with Gasteiger partial charge in [-0.2, -0.15) is 0 Å². The summed E-state index contributed by atoms with van der Waals surface area (Å²) >= 11 is 6.17. The van der Waals surface area contributed by atoms with Gasteiger partial charge in [-0.15, -0.1) is 0 Å². The number of benzene rings is 1. The molecule has 134 valence electrons. The minimum Gasteiger partial charge on any atom is -0.486 e. The topological polar surface area (TPSA) is 90.7 Å². The highest BCUT2D eigenvalue weighted by Crippen LogP contribution is 2.37. The van der Waals surface area contributed by atoms with Crippen molar-refractivity contribution in [2.24, 2.45) is 11.7 Å². The molecule has 0 amide bonds. The molecule has 0 radical (unpaired) electrons. The lowest BCUT2D eigenvalue weighted by Gasteiger charge is -2.30. The fourth-order valence-electron chi connectivity index (χ4n) is 3.39. The van der Waals surface area contributed by atoms with Crippen molar-refractivity contribution < 1.29 is 17.9 Å². The molecule has 0 aromatic heterocycles. The fourth-order valence-corrected chi connectivity index (χ4v) is 5.24. The lowest BCUT2D eigenvalue weighted by atomic mass is 9.84. The first-order valence-corrected chi connectivity index (χ1v) is 10.2. The molecule has 6 nitrogen and oxygen atoms in total. The van der Waals surface area contributed by atoms with Crippen molar-refractivity contribution in [3.63, 3.8) is 0 Å². The minimum atomic E-state index is -3.78. The van der Waals surface area contributed by atoms with Crippen LogP contribution in [0.1, 0.15) is 32.1 Å². The Balaban J connectivity index is 1.84. The molecule has 3 rings (SSSR count). The average molecular weight is 375 g/mol. The molecule has 3 N–H and O–H groups in total. The predicted molar refractivity (Wildman–Crippen MR) is 92.2 cm³/mol. The number of nitrogens with one attached hydrogen (secondary N) is 1. The Morgan fingerprint density at radius 1 is 1.17 bits per heavy atom. The van der Waals surface area contributed by atoms with Gasteiger partial charge in [-0.3, -0.25) is 0 Å². The quantitative estimate of drug-likeness (QED) is 0.825. The van der Waals surface area contributed by atoms with E-state index >= 15 is 0 Å². The van der Waals surface area contributed by atoms with Crippen LogP contribution in [0.15, 0.2) is 17.0 Å². The van der Waals surface area contributed by atoms with Gasteiger partial charge in [0.15, 0.2) is 11.5 Å². The van der Waals surface area contributed by atoms with Crippen LogP contribution >= 0.6 is 11.6 Å². The SMILES string of the molecule is NCC(NS(=O)(=O)c1cc2c(cc1Cl)OCCO2)C1CCCCC1. The first-order chi connectivity index (χ1) is 11.5. The molecule has 2 aliphatic rings. The summed E-state index contributed by atoms with van der Waals surface area (Å²) in [4.78, 5) is 0.00248. The van der Waals surface area contributed by atoms with Gasteiger partial charge in [-0.1, -0.05) is 30.9 Å². The zero-order valence-electron chi connectivity index (χ0n) is 13.5. The predicted octanol–water partition coefficient (Wildman–Crippen LogP) is 2.30. The summed E-state index contributed by atoms with van der Waals surface area (Å²) in [6, 6.07) is 2.63. The summed E-state index contributed by atoms with van der Waals surface area (Å²) < 4.78 is 39.2. The fraction of sp³-hybridized carbons (Fsp3) is 0.625. The van der Waals surface area contributed by atoms with Gasteiger partial charge in [0.25, 0.3) is 0 Å². The molecule has 1 aliphatic carbocycles. The zero-order valence-corrected chi connectivity index (χ0v) is 15.0. The number of ether oxygens (including phenoxy) is 2. The molecule has 1 aliphatic heterocycles. The van der Waals surface area contributed by atoms with Crippen LogP contribution in [0.3, 0.4) is 0 Å². The van der Waals surface area contributed by atoms with E-state index in [-0.39, 0.29) is 28.4 Å². The molecule has 1 aromatic carbocycles. The molecule has 1 atom stereocenters. The van der Waals surface area contributed by atoms with Crippen LogP contribution < -0.4 is 19.9 Å². The highest BCUT2D eigenvalue weighted by atomic mass is 35.5. The second-order valence-corrected chi connectivity index (χ2v) is 8.38. The molecule has 1 saturated carbocycles. The van der Waals surface area contributed by atoms with E-state index in [0.717, 1.165) is 25.7 Å². The number of rotatable bonds is 5. The molecule has 8 heteroatoms. The second-order valence-electron chi connectivity index (χ2n) is 6.29. The zero-order chi connectivity index (χ0) is 17.2. The first kappa shape index (κ1) is 17.8. The number of hydrogen-bond acceptors (Lipinski definition) is 5. The minimum absolute atomic E-state index is 0.00248. The van der Waals surface area contributed by atoms with E-state index in [1.165, 1.54) is 18.6 Å². The summed E-state index contributed by atoms with van der Waals surface area (Å²) in [5.74, 6) is 1.13. The number of halogens is 1. The van der Waals surface area contributed by atoms with Crippen LogP contribution in [0.2, 0.25) is 5.02 Å². The van der Waals surface area contributed by atoms with E-state index in [9.17, 15) is 8.42 Å². The second kappa shape index (κ2) is 7.47. The molecule has 0 saturated heterocycles. The standard InChI is InChI=1S/C16H23ClN2O4S/c17-12-8-14-15(23-7-6-22-14)9-16(12)24(20,21)19-13(10-18)11-4-2-1-3-5-11/h8-9,11,13,19H,1-7,10,18H2. The van der Waals surface area contributed by atoms with Gasteiger partial charge in [0.05, 0.1) is 5.02 Å². The van der Waals surface area contributed by atoms with Gasteiger partial charge in [0.1, 0.15) is 18.1 Å². The van der Waals surface area contributed by atoms with E-state index < -0.39 is 10.0 Å². The normalized spacial score (nSPS) is 19.9. The van der Waals surface area contributed by atoms with Crippen molar-refractivity contribution in [3.05, 3.63) is 17.2 Å². The van der Waals surface area contributed by atoms with Gasteiger partial charge < -0.3 is 15.2 Å². The van der Waals surface area contributed by atoms with Gasteiger partial charge in [0, 0.05) is 24.7 Å². The lowest BCUT2D eigenvalue weighted by molar-refractivity contribution is 0.171. The van der Waals surface area contributed by atoms with Crippen molar-refractivity contribution in [1.29, 1.82) is 0 Å². The van der Waals surface area contributed by atoms with Crippen LogP contribution in [0, 0.1) is 5.92 Å². The third-order valence-electron chi connectivity index (χ3n) is 4.67. The maximum Gasteiger partial charge on any atom is 0.242 e. The summed E-state index contributed by atoms with van der Waals surface area (Å²) in [7, 11) is -3.78. The molecule has 0 bridgehead atoms. The van der Waals surface area contributed by atoms with E-state index in [1.807, 2.05) is 0 Å². The first-order valence-electron chi connectivity index (χ1n) is 8.33. The molecule has 1 unspecified atom stereocenters. The molecular weight excluding hydrogens is 352 g/mol. The van der Waals surface area contributed by atoms with E-state index in [2.05, 4.69) is 4.72 Å². The molecular formula is C16H23ClN2O4S. The molecule has 24 heavy (non-hydrogen) atoms. The Bertz CT molecular complexity index is 690. The smallest absolute Gasteiger partial charge is 0.242 e. The van der Waals surface area contributed by atoms with Crippen molar-refractivity contribution >= 4 is 21.6 Å². The van der Waals surface area contributed by atoms with Crippen LogP contribution in [0.5, 0.6) is 11.5 Å². The summed E-state index contributed by atoms with van der Waals surface area (Å²) in [5.41, 5.74) is 5.83. The molecule has 1 aromatic rings. The largest absolute Gasteiger partial charge is 0.486 e. The molecule has 1 fully saturated rings. The lowest BCUT2D eigenvalue weighted by Crippen LogP contribution is -2.45. The maximum absolute atomic E-state index is 12.8. The van der Waals surface area contributed by atoms with E-state index in [0.29, 0.717) is 24.7 Å². The Kier molecular flexibility index (Phi) is 5.54. The van der Waals surface area contributed by atoms with Crippen LogP contribution in [0.4, 0.5) is 0 Å². The van der Waals surface area contributed by atoms with Crippen molar-refractivity contribution in [2.75, 3.05) is 19.8 Å². The Hall–Kier alpha value is -1.02. The van der Waals surface area contributed by atoms with Gasteiger partial charge in [-0.05, 0) is 18.8 Å². The third kappa shape index (κ3) is 3.79. The van der Waals surface area contributed by atoms with Crippen molar-refractivity contribution in [2.45, 2.75) is 43.0 Å². The third-order valence-corrected chi connectivity index (χ3v) is 6.62. The Morgan fingerprint density at radius 2 is 1.79 bits per heavy atom. The highest BCUT2D eigenvalue weighted by molar-refractivity contribution is 7.89. The van der Waals surface area contributed by atoms with Crippen LogP contribution in [-0.4, -0.2) is 34.2 Å². The van der Waals surface area contributed by atoms with Crippen LogP contribution in [-0.2, 0) is 10.0 Å². The van der Waals surface area contributed by atoms with E-state index in [1.54, 1.807) is 0 Å². The molecule has 0 spiro atoms.